The van der Waals surface area contributed by atoms with E-state index in [2.05, 4.69) is 16.5 Å². The van der Waals surface area contributed by atoms with E-state index in [1.54, 1.807) is 16.6 Å². The molecule has 3 heterocycles. The molecule has 0 amide bonds. The van der Waals surface area contributed by atoms with Gasteiger partial charge in [-0.15, -0.1) is 0 Å². The molecule has 146 valence electrons. The minimum Gasteiger partial charge on any atom is -0.313 e. The lowest BCUT2D eigenvalue weighted by Crippen LogP contribution is -2.29. The summed E-state index contributed by atoms with van der Waals surface area (Å²) in [5.41, 5.74) is 4.23. The Morgan fingerprint density at radius 1 is 1.18 bits per heavy atom. The number of aryl methyl sites for hydroxylation is 3. The highest BCUT2D eigenvalue weighted by atomic mass is 32.2. The van der Waals surface area contributed by atoms with Gasteiger partial charge in [-0.3, -0.25) is 0 Å². The number of aromatic nitrogens is 3. The monoisotopic (exact) mass is 396 g/mol. The molecular formula is C21H24N4O2S. The molecule has 1 fully saturated rings. The van der Waals surface area contributed by atoms with E-state index in [0.717, 1.165) is 49.2 Å². The van der Waals surface area contributed by atoms with Crippen LogP contribution in [0.15, 0.2) is 41.4 Å². The zero-order valence-electron chi connectivity index (χ0n) is 16.0. The third-order valence-corrected chi connectivity index (χ3v) is 7.93. The molecule has 1 aliphatic heterocycles. The van der Waals surface area contributed by atoms with Gasteiger partial charge in [0.25, 0.3) is 0 Å². The van der Waals surface area contributed by atoms with Gasteiger partial charge in [-0.1, -0.05) is 6.07 Å². The van der Waals surface area contributed by atoms with Crippen LogP contribution in [0, 0.1) is 0 Å². The van der Waals surface area contributed by atoms with Crippen molar-refractivity contribution in [3.8, 4) is 0 Å². The van der Waals surface area contributed by atoms with Crippen LogP contribution < -0.4 is 0 Å². The Kier molecular flexibility index (Phi) is 4.25. The number of sulfonamides is 1. The van der Waals surface area contributed by atoms with Crippen LogP contribution in [0.1, 0.15) is 42.6 Å². The lowest BCUT2D eigenvalue weighted by Gasteiger charge is -2.17. The van der Waals surface area contributed by atoms with Crippen molar-refractivity contribution < 1.29 is 8.42 Å². The Balaban J connectivity index is 1.44. The van der Waals surface area contributed by atoms with E-state index in [4.69, 9.17) is 4.98 Å². The molecule has 3 aromatic rings. The lowest BCUT2D eigenvalue weighted by atomic mass is 10.1. The normalized spacial score (nSPS) is 20.1. The Morgan fingerprint density at radius 3 is 2.89 bits per heavy atom. The third kappa shape index (κ3) is 2.76. The summed E-state index contributed by atoms with van der Waals surface area (Å²) < 4.78 is 30.2. The molecular weight excluding hydrogens is 372 g/mol. The van der Waals surface area contributed by atoms with Crippen LogP contribution in [0.2, 0.25) is 0 Å². The van der Waals surface area contributed by atoms with Crippen molar-refractivity contribution in [2.24, 2.45) is 0 Å². The maximum absolute atomic E-state index is 13.2. The highest BCUT2D eigenvalue weighted by Crippen LogP contribution is 2.33. The molecule has 28 heavy (non-hydrogen) atoms. The van der Waals surface area contributed by atoms with Crippen molar-refractivity contribution >= 4 is 21.2 Å². The Bertz CT molecular complexity index is 1150. The predicted octanol–water partition coefficient (Wildman–Crippen LogP) is 3.12. The number of hydrogen-bond acceptors (Lipinski definition) is 4. The van der Waals surface area contributed by atoms with E-state index in [9.17, 15) is 8.42 Å². The number of fused-ring (bicyclic) bond motifs is 2. The molecule has 2 aliphatic rings. The van der Waals surface area contributed by atoms with E-state index >= 15 is 0 Å². The number of imidazole rings is 1. The maximum atomic E-state index is 13.2. The summed E-state index contributed by atoms with van der Waals surface area (Å²) in [6.07, 6.45) is 5.72. The zero-order chi connectivity index (χ0) is 19.3. The molecule has 5 rings (SSSR count). The van der Waals surface area contributed by atoms with E-state index < -0.39 is 10.0 Å². The fraction of sp³-hybridized carbons (Fsp3) is 0.429. The molecule has 0 saturated carbocycles. The SMILES string of the molecule is CCn1c(C2CCN(S(=O)(=O)c3ccc4c(c3)CCC4)C2)nc2cccnc21. The molecule has 0 N–H and O–H groups in total. The first kappa shape index (κ1) is 17.8. The summed E-state index contributed by atoms with van der Waals surface area (Å²) in [4.78, 5) is 9.67. The van der Waals surface area contributed by atoms with Gasteiger partial charge in [0.05, 0.1) is 4.90 Å². The van der Waals surface area contributed by atoms with Gasteiger partial charge in [0.2, 0.25) is 10.0 Å². The van der Waals surface area contributed by atoms with Crippen LogP contribution in [0.3, 0.4) is 0 Å². The van der Waals surface area contributed by atoms with Crippen LogP contribution in [0.4, 0.5) is 0 Å². The number of nitrogens with zero attached hydrogens (tertiary/aromatic N) is 4. The molecule has 1 unspecified atom stereocenters. The minimum absolute atomic E-state index is 0.0957. The van der Waals surface area contributed by atoms with Crippen molar-refractivity contribution in [1.82, 2.24) is 18.8 Å². The van der Waals surface area contributed by atoms with Crippen molar-refractivity contribution in [1.29, 1.82) is 0 Å². The summed E-state index contributed by atoms with van der Waals surface area (Å²) in [7, 11) is -3.47. The minimum atomic E-state index is -3.47. The molecule has 0 bridgehead atoms. The van der Waals surface area contributed by atoms with Crippen LogP contribution in [-0.2, 0) is 29.4 Å². The number of hydrogen-bond donors (Lipinski definition) is 0. The van der Waals surface area contributed by atoms with E-state index in [-0.39, 0.29) is 5.92 Å². The van der Waals surface area contributed by atoms with Gasteiger partial charge in [-0.05, 0) is 68.0 Å². The van der Waals surface area contributed by atoms with Crippen LogP contribution >= 0.6 is 0 Å². The highest BCUT2D eigenvalue weighted by Gasteiger charge is 2.36. The first-order valence-electron chi connectivity index (χ1n) is 10.0. The molecule has 1 atom stereocenters. The van der Waals surface area contributed by atoms with Gasteiger partial charge < -0.3 is 4.57 Å². The second-order valence-electron chi connectivity index (χ2n) is 7.69. The van der Waals surface area contributed by atoms with Gasteiger partial charge in [0.1, 0.15) is 11.3 Å². The van der Waals surface area contributed by atoms with Crippen molar-refractivity contribution in [2.75, 3.05) is 13.1 Å². The summed E-state index contributed by atoms with van der Waals surface area (Å²) >= 11 is 0. The summed E-state index contributed by atoms with van der Waals surface area (Å²) in [5, 5.41) is 0. The van der Waals surface area contributed by atoms with Gasteiger partial charge >= 0.3 is 0 Å². The smallest absolute Gasteiger partial charge is 0.243 e. The Hall–Kier alpha value is -2.25. The zero-order valence-corrected chi connectivity index (χ0v) is 16.8. The number of rotatable bonds is 4. The second-order valence-corrected chi connectivity index (χ2v) is 9.63. The molecule has 6 nitrogen and oxygen atoms in total. The molecule has 1 aliphatic carbocycles. The number of pyridine rings is 1. The molecule has 0 spiro atoms. The Labute approximate surface area is 165 Å². The largest absolute Gasteiger partial charge is 0.313 e. The average molecular weight is 397 g/mol. The van der Waals surface area contributed by atoms with Gasteiger partial charge in [-0.2, -0.15) is 4.31 Å². The predicted molar refractivity (Wildman–Crippen MR) is 108 cm³/mol. The topological polar surface area (TPSA) is 68.1 Å². The van der Waals surface area contributed by atoms with E-state index in [0.29, 0.717) is 18.0 Å². The summed E-state index contributed by atoms with van der Waals surface area (Å²) in [6, 6.07) is 9.50. The van der Waals surface area contributed by atoms with Crippen molar-refractivity contribution in [3.05, 3.63) is 53.5 Å². The second kappa shape index (κ2) is 6.67. The fourth-order valence-corrected chi connectivity index (χ4v) is 6.17. The van der Waals surface area contributed by atoms with Crippen LogP contribution in [0.25, 0.3) is 11.2 Å². The van der Waals surface area contributed by atoms with E-state index in [1.165, 1.54) is 11.1 Å². The van der Waals surface area contributed by atoms with Crippen LogP contribution in [0.5, 0.6) is 0 Å². The number of benzene rings is 1. The summed E-state index contributed by atoms with van der Waals surface area (Å²) in [5.74, 6) is 1.04. The van der Waals surface area contributed by atoms with Crippen molar-refractivity contribution in [3.63, 3.8) is 0 Å². The molecule has 1 aromatic carbocycles. The van der Waals surface area contributed by atoms with Gasteiger partial charge in [0, 0.05) is 31.7 Å². The van der Waals surface area contributed by atoms with Crippen molar-refractivity contribution in [2.45, 2.75) is 50.0 Å². The average Bonchev–Trinajstić information content (AvgIpc) is 3.44. The fourth-order valence-electron chi connectivity index (χ4n) is 4.61. The maximum Gasteiger partial charge on any atom is 0.243 e. The van der Waals surface area contributed by atoms with E-state index in [1.807, 2.05) is 24.3 Å². The standard InChI is InChI=1S/C21H24N4O2S/c1-2-25-20(23-19-7-4-11-22-21(19)25)17-10-12-24(14-17)28(26,27)18-9-8-15-5-3-6-16(15)13-18/h4,7-9,11,13,17H,2-3,5-6,10,12,14H2,1H3. The molecule has 7 heteroatoms. The van der Waals surface area contributed by atoms with Crippen LogP contribution in [-0.4, -0.2) is 40.3 Å². The third-order valence-electron chi connectivity index (χ3n) is 6.07. The molecule has 2 aromatic heterocycles. The molecule has 0 radical (unpaired) electrons. The Morgan fingerprint density at radius 2 is 2.04 bits per heavy atom. The molecule has 1 saturated heterocycles. The van der Waals surface area contributed by atoms with Gasteiger partial charge in [0.15, 0.2) is 5.65 Å². The highest BCUT2D eigenvalue weighted by molar-refractivity contribution is 7.89. The summed E-state index contributed by atoms with van der Waals surface area (Å²) in [6.45, 7) is 3.86. The first-order chi connectivity index (χ1) is 13.6. The van der Waals surface area contributed by atoms with Gasteiger partial charge in [-0.25, -0.2) is 18.4 Å². The quantitative estimate of drug-likeness (QED) is 0.680. The lowest BCUT2D eigenvalue weighted by molar-refractivity contribution is 0.469. The first-order valence-corrected chi connectivity index (χ1v) is 11.4.